The minimum Gasteiger partial charge on any atom is -0.465 e. The summed E-state index contributed by atoms with van der Waals surface area (Å²) in [5.74, 6) is 1.18. The van der Waals surface area contributed by atoms with Crippen LogP contribution in [0.5, 0.6) is 0 Å². The zero-order chi connectivity index (χ0) is 10.7. The molecule has 2 fully saturated rings. The number of fused-ring (bicyclic) bond motifs is 1. The third-order valence-corrected chi connectivity index (χ3v) is 3.90. The van der Waals surface area contributed by atoms with Crippen LogP contribution in [0.1, 0.15) is 38.5 Å². The molecular weight excluding hydrogens is 192 g/mol. The lowest BCUT2D eigenvalue weighted by Crippen LogP contribution is -2.41. The van der Waals surface area contributed by atoms with Crippen molar-refractivity contribution >= 4 is 5.97 Å². The van der Waals surface area contributed by atoms with Gasteiger partial charge in [-0.1, -0.05) is 12.8 Å². The van der Waals surface area contributed by atoms with Crippen LogP contribution in [0.2, 0.25) is 0 Å². The Labute approximate surface area is 90.8 Å². The SMILES string of the molecule is O=C1OC[C@@H]2CCCC[C@H]2[C@@H]1CCCO. The van der Waals surface area contributed by atoms with Crippen molar-refractivity contribution in [1.82, 2.24) is 0 Å². The maximum absolute atomic E-state index is 11.7. The van der Waals surface area contributed by atoms with Gasteiger partial charge in [0.05, 0.1) is 12.5 Å². The van der Waals surface area contributed by atoms with Crippen molar-refractivity contribution in [2.75, 3.05) is 13.2 Å². The Kier molecular flexibility index (Phi) is 3.62. The molecule has 0 aromatic rings. The molecule has 0 radical (unpaired) electrons. The van der Waals surface area contributed by atoms with E-state index in [1.165, 1.54) is 25.7 Å². The maximum atomic E-state index is 11.7. The monoisotopic (exact) mass is 212 g/mol. The molecule has 3 nitrogen and oxygen atoms in total. The molecule has 2 aliphatic rings. The molecule has 1 heterocycles. The molecule has 1 saturated heterocycles. The third-order valence-electron chi connectivity index (χ3n) is 3.90. The Balaban J connectivity index is 1.99. The number of hydrogen-bond acceptors (Lipinski definition) is 3. The minimum atomic E-state index is -0.0217. The summed E-state index contributed by atoms with van der Waals surface area (Å²) in [4.78, 5) is 11.7. The van der Waals surface area contributed by atoms with Gasteiger partial charge in [-0.3, -0.25) is 4.79 Å². The quantitative estimate of drug-likeness (QED) is 0.725. The number of carbonyl (C=O) groups excluding carboxylic acids is 1. The van der Waals surface area contributed by atoms with Crippen LogP contribution in [-0.4, -0.2) is 24.3 Å². The van der Waals surface area contributed by atoms with Gasteiger partial charge in [-0.15, -0.1) is 0 Å². The predicted molar refractivity (Wildman–Crippen MR) is 56.2 cm³/mol. The molecule has 1 aliphatic heterocycles. The normalized spacial score (nSPS) is 35.8. The summed E-state index contributed by atoms with van der Waals surface area (Å²) in [6, 6.07) is 0. The maximum Gasteiger partial charge on any atom is 0.309 e. The summed E-state index contributed by atoms with van der Waals surface area (Å²) in [5.41, 5.74) is 0. The predicted octanol–water partition coefficient (Wildman–Crippen LogP) is 1.74. The second-order valence-corrected chi connectivity index (χ2v) is 4.81. The van der Waals surface area contributed by atoms with Crippen molar-refractivity contribution in [3.05, 3.63) is 0 Å². The molecule has 15 heavy (non-hydrogen) atoms. The van der Waals surface area contributed by atoms with E-state index in [4.69, 9.17) is 9.84 Å². The highest BCUT2D eigenvalue weighted by Crippen LogP contribution is 2.40. The number of carbonyl (C=O) groups is 1. The van der Waals surface area contributed by atoms with Gasteiger partial charge in [-0.25, -0.2) is 0 Å². The van der Waals surface area contributed by atoms with Crippen LogP contribution in [0.15, 0.2) is 0 Å². The average Bonchev–Trinajstić information content (AvgIpc) is 2.28. The van der Waals surface area contributed by atoms with Crippen LogP contribution in [-0.2, 0) is 9.53 Å². The first-order valence-corrected chi connectivity index (χ1v) is 6.10. The van der Waals surface area contributed by atoms with Crippen molar-refractivity contribution in [2.24, 2.45) is 17.8 Å². The molecule has 86 valence electrons. The molecule has 3 heteroatoms. The fourth-order valence-corrected chi connectivity index (χ4v) is 3.09. The topological polar surface area (TPSA) is 46.5 Å². The van der Waals surface area contributed by atoms with Crippen LogP contribution in [0, 0.1) is 17.8 Å². The Bertz CT molecular complexity index is 227. The molecule has 3 atom stereocenters. The summed E-state index contributed by atoms with van der Waals surface area (Å²) >= 11 is 0. The lowest BCUT2D eigenvalue weighted by atomic mass is 9.70. The van der Waals surface area contributed by atoms with Gasteiger partial charge in [-0.05, 0) is 37.5 Å². The van der Waals surface area contributed by atoms with E-state index in [2.05, 4.69) is 0 Å². The Morgan fingerprint density at radius 1 is 1.33 bits per heavy atom. The molecule has 0 amide bonds. The second kappa shape index (κ2) is 4.97. The molecule has 1 saturated carbocycles. The van der Waals surface area contributed by atoms with E-state index in [1.54, 1.807) is 0 Å². The van der Waals surface area contributed by atoms with Crippen molar-refractivity contribution in [2.45, 2.75) is 38.5 Å². The van der Waals surface area contributed by atoms with E-state index in [0.717, 1.165) is 12.8 Å². The smallest absolute Gasteiger partial charge is 0.309 e. The molecule has 0 aromatic carbocycles. The Morgan fingerprint density at radius 2 is 2.13 bits per heavy atom. The number of cyclic esters (lactones) is 1. The van der Waals surface area contributed by atoms with Crippen LogP contribution in [0.3, 0.4) is 0 Å². The van der Waals surface area contributed by atoms with Gasteiger partial charge in [0.2, 0.25) is 0 Å². The number of aliphatic hydroxyl groups excluding tert-OH is 1. The van der Waals surface area contributed by atoms with Crippen LogP contribution >= 0.6 is 0 Å². The van der Waals surface area contributed by atoms with Gasteiger partial charge < -0.3 is 9.84 Å². The zero-order valence-corrected chi connectivity index (χ0v) is 9.15. The van der Waals surface area contributed by atoms with Gasteiger partial charge in [0.15, 0.2) is 0 Å². The Hall–Kier alpha value is -0.570. The van der Waals surface area contributed by atoms with Gasteiger partial charge in [0, 0.05) is 6.61 Å². The first-order valence-electron chi connectivity index (χ1n) is 6.10. The van der Waals surface area contributed by atoms with Crippen molar-refractivity contribution in [3.63, 3.8) is 0 Å². The number of hydrogen-bond donors (Lipinski definition) is 1. The van der Waals surface area contributed by atoms with E-state index in [0.29, 0.717) is 18.4 Å². The lowest BCUT2D eigenvalue weighted by Gasteiger charge is -2.39. The van der Waals surface area contributed by atoms with Crippen LogP contribution in [0.25, 0.3) is 0 Å². The fourth-order valence-electron chi connectivity index (χ4n) is 3.09. The van der Waals surface area contributed by atoms with E-state index < -0.39 is 0 Å². The third kappa shape index (κ3) is 2.33. The molecule has 1 aliphatic carbocycles. The first-order chi connectivity index (χ1) is 7.33. The first kappa shape index (κ1) is 10.9. The summed E-state index contributed by atoms with van der Waals surface area (Å²) in [6.07, 6.45) is 6.46. The number of esters is 1. The molecule has 0 spiro atoms. The van der Waals surface area contributed by atoms with Crippen molar-refractivity contribution in [1.29, 1.82) is 0 Å². The summed E-state index contributed by atoms with van der Waals surface area (Å²) < 4.78 is 5.24. The molecule has 0 unspecified atom stereocenters. The van der Waals surface area contributed by atoms with Gasteiger partial charge >= 0.3 is 5.97 Å². The minimum absolute atomic E-state index is 0.0217. The molecule has 0 aromatic heterocycles. The highest BCUT2D eigenvalue weighted by molar-refractivity contribution is 5.73. The second-order valence-electron chi connectivity index (χ2n) is 4.81. The fraction of sp³-hybridized carbons (Fsp3) is 0.917. The van der Waals surface area contributed by atoms with Gasteiger partial charge in [0.25, 0.3) is 0 Å². The number of ether oxygens (including phenoxy) is 1. The van der Waals surface area contributed by atoms with Gasteiger partial charge in [-0.2, -0.15) is 0 Å². The summed E-state index contributed by atoms with van der Waals surface area (Å²) in [6.45, 7) is 0.820. The summed E-state index contributed by atoms with van der Waals surface area (Å²) in [5, 5.41) is 8.83. The van der Waals surface area contributed by atoms with E-state index in [9.17, 15) is 4.79 Å². The highest BCUT2D eigenvalue weighted by Gasteiger charge is 2.40. The average molecular weight is 212 g/mol. The standard InChI is InChI=1S/C12H20O3/c13-7-3-6-11-10-5-2-1-4-9(10)8-15-12(11)14/h9-11,13H,1-8H2/t9-,10+,11-/m0/s1. The molecule has 0 bridgehead atoms. The van der Waals surface area contributed by atoms with E-state index in [1.807, 2.05) is 0 Å². The van der Waals surface area contributed by atoms with Crippen LogP contribution < -0.4 is 0 Å². The van der Waals surface area contributed by atoms with Crippen molar-refractivity contribution in [3.8, 4) is 0 Å². The van der Waals surface area contributed by atoms with Crippen molar-refractivity contribution < 1.29 is 14.6 Å². The van der Waals surface area contributed by atoms with E-state index in [-0.39, 0.29) is 18.5 Å². The summed E-state index contributed by atoms with van der Waals surface area (Å²) in [7, 11) is 0. The van der Waals surface area contributed by atoms with Crippen LogP contribution in [0.4, 0.5) is 0 Å². The molecular formula is C12H20O3. The number of rotatable bonds is 3. The molecule has 2 rings (SSSR count). The molecule has 1 N–H and O–H groups in total. The zero-order valence-electron chi connectivity index (χ0n) is 9.15. The van der Waals surface area contributed by atoms with Gasteiger partial charge in [0.1, 0.15) is 0 Å². The largest absolute Gasteiger partial charge is 0.465 e. The van der Waals surface area contributed by atoms with E-state index >= 15 is 0 Å². The Morgan fingerprint density at radius 3 is 2.93 bits per heavy atom. The lowest BCUT2D eigenvalue weighted by molar-refractivity contribution is -0.163. The highest BCUT2D eigenvalue weighted by atomic mass is 16.5. The number of aliphatic hydroxyl groups is 1.